The van der Waals surface area contributed by atoms with Crippen molar-refractivity contribution >= 4 is 5.96 Å². The summed E-state index contributed by atoms with van der Waals surface area (Å²) >= 11 is 0. The Labute approximate surface area is 167 Å². The zero-order valence-corrected chi connectivity index (χ0v) is 17.1. The average Bonchev–Trinajstić information content (AvgIpc) is 2.71. The molecule has 1 aliphatic rings. The lowest BCUT2D eigenvalue weighted by molar-refractivity contribution is 0.0203. The van der Waals surface area contributed by atoms with Crippen LogP contribution in [0.15, 0.2) is 23.2 Å². The molecule has 1 heterocycles. The van der Waals surface area contributed by atoms with Crippen LogP contribution in [-0.2, 0) is 16.0 Å². The van der Waals surface area contributed by atoms with Crippen LogP contribution in [0.25, 0.3) is 0 Å². The quantitative estimate of drug-likeness (QED) is 0.342. The number of hydrogen-bond donors (Lipinski definition) is 2. The summed E-state index contributed by atoms with van der Waals surface area (Å²) < 4.78 is 30.3. The van der Waals surface area contributed by atoms with Crippen LogP contribution in [-0.4, -0.2) is 52.1 Å². The van der Waals surface area contributed by atoms with Crippen molar-refractivity contribution in [1.82, 2.24) is 10.6 Å². The van der Waals surface area contributed by atoms with Gasteiger partial charge in [0.05, 0.1) is 13.2 Å². The SMILES string of the molecule is CCNC(=NCc1ccc(OCC)c(F)c1)NCCCOCC1CCOCC1. The molecule has 1 saturated heterocycles. The van der Waals surface area contributed by atoms with E-state index >= 15 is 0 Å². The van der Waals surface area contributed by atoms with Gasteiger partial charge in [0.1, 0.15) is 0 Å². The van der Waals surface area contributed by atoms with Crippen LogP contribution in [0.3, 0.4) is 0 Å². The van der Waals surface area contributed by atoms with Gasteiger partial charge in [-0.25, -0.2) is 9.38 Å². The highest BCUT2D eigenvalue weighted by Gasteiger charge is 2.13. The van der Waals surface area contributed by atoms with Gasteiger partial charge in [-0.2, -0.15) is 0 Å². The van der Waals surface area contributed by atoms with E-state index in [0.29, 0.717) is 19.1 Å². The van der Waals surface area contributed by atoms with Gasteiger partial charge >= 0.3 is 0 Å². The van der Waals surface area contributed by atoms with Gasteiger partial charge in [0.2, 0.25) is 0 Å². The summed E-state index contributed by atoms with van der Waals surface area (Å²) in [7, 11) is 0. The van der Waals surface area contributed by atoms with Crippen LogP contribution in [0, 0.1) is 11.7 Å². The van der Waals surface area contributed by atoms with Crippen molar-refractivity contribution in [2.75, 3.05) is 46.1 Å². The van der Waals surface area contributed by atoms with Gasteiger partial charge in [0.15, 0.2) is 17.5 Å². The lowest BCUT2D eigenvalue weighted by atomic mass is 10.0. The van der Waals surface area contributed by atoms with Gasteiger partial charge in [-0.3, -0.25) is 0 Å². The van der Waals surface area contributed by atoms with E-state index in [-0.39, 0.29) is 11.6 Å². The first-order valence-electron chi connectivity index (χ1n) is 10.3. The van der Waals surface area contributed by atoms with Gasteiger partial charge in [-0.1, -0.05) is 6.07 Å². The molecule has 0 saturated carbocycles. The van der Waals surface area contributed by atoms with E-state index in [0.717, 1.165) is 70.3 Å². The van der Waals surface area contributed by atoms with E-state index in [9.17, 15) is 4.39 Å². The second-order valence-electron chi connectivity index (χ2n) is 6.80. The van der Waals surface area contributed by atoms with E-state index in [4.69, 9.17) is 14.2 Å². The molecule has 6 nitrogen and oxygen atoms in total. The molecule has 0 atom stereocenters. The van der Waals surface area contributed by atoms with Crippen LogP contribution >= 0.6 is 0 Å². The van der Waals surface area contributed by atoms with E-state index in [1.807, 2.05) is 19.9 Å². The monoisotopic (exact) mass is 395 g/mol. The predicted octanol–water partition coefficient (Wildman–Crippen LogP) is 3.11. The molecule has 0 aromatic heterocycles. The van der Waals surface area contributed by atoms with E-state index in [2.05, 4.69) is 15.6 Å². The van der Waals surface area contributed by atoms with Gasteiger partial charge < -0.3 is 24.8 Å². The van der Waals surface area contributed by atoms with Crippen molar-refractivity contribution in [1.29, 1.82) is 0 Å². The zero-order chi connectivity index (χ0) is 20.0. The molecule has 0 unspecified atom stereocenters. The lowest BCUT2D eigenvalue weighted by Crippen LogP contribution is -2.38. The summed E-state index contributed by atoms with van der Waals surface area (Å²) in [6, 6.07) is 4.97. The van der Waals surface area contributed by atoms with Crippen LogP contribution in [0.1, 0.15) is 38.7 Å². The Morgan fingerprint density at radius 3 is 2.79 bits per heavy atom. The Bertz CT molecular complexity index is 592. The Morgan fingerprint density at radius 2 is 2.07 bits per heavy atom. The fourth-order valence-electron chi connectivity index (χ4n) is 2.97. The standard InChI is InChI=1S/C21H34FN3O3/c1-3-23-21(24-10-5-11-27-16-17-8-12-26-13-9-17)25-15-18-6-7-20(28-4-2)19(22)14-18/h6-7,14,17H,3-5,8-13,15-16H2,1-2H3,(H2,23,24,25). The summed E-state index contributed by atoms with van der Waals surface area (Å²) in [6.07, 6.45) is 3.11. The largest absolute Gasteiger partial charge is 0.491 e. The van der Waals surface area contributed by atoms with Crippen molar-refractivity contribution in [3.05, 3.63) is 29.6 Å². The number of aliphatic imine (C=N–C) groups is 1. The molecule has 0 amide bonds. The number of halogens is 1. The maximum Gasteiger partial charge on any atom is 0.191 e. The molecule has 1 aliphatic heterocycles. The summed E-state index contributed by atoms with van der Waals surface area (Å²) in [6.45, 7) is 9.51. The topological polar surface area (TPSA) is 64.1 Å². The van der Waals surface area contributed by atoms with E-state index in [1.54, 1.807) is 6.07 Å². The Balaban J connectivity index is 1.69. The minimum atomic E-state index is -0.353. The van der Waals surface area contributed by atoms with Crippen LogP contribution in [0.5, 0.6) is 5.75 Å². The number of ether oxygens (including phenoxy) is 3. The molecule has 1 aromatic carbocycles. The van der Waals surface area contributed by atoms with E-state index < -0.39 is 0 Å². The van der Waals surface area contributed by atoms with Gasteiger partial charge in [0, 0.05) is 39.5 Å². The van der Waals surface area contributed by atoms with Crippen molar-refractivity contribution in [2.24, 2.45) is 10.9 Å². The molecule has 0 bridgehead atoms. The molecule has 1 aromatic rings. The molecule has 0 spiro atoms. The molecular formula is C21H34FN3O3. The highest BCUT2D eigenvalue weighted by Crippen LogP contribution is 2.18. The van der Waals surface area contributed by atoms with Crippen LogP contribution < -0.4 is 15.4 Å². The molecule has 2 N–H and O–H groups in total. The van der Waals surface area contributed by atoms with E-state index in [1.165, 1.54) is 6.07 Å². The Kier molecular flexibility index (Phi) is 10.7. The Morgan fingerprint density at radius 1 is 1.25 bits per heavy atom. The Hall–Kier alpha value is -1.86. The smallest absolute Gasteiger partial charge is 0.191 e. The molecule has 2 rings (SSSR count). The van der Waals surface area contributed by atoms with Crippen LogP contribution in [0.2, 0.25) is 0 Å². The molecule has 28 heavy (non-hydrogen) atoms. The van der Waals surface area contributed by atoms with Gasteiger partial charge in [-0.05, 0) is 56.7 Å². The normalized spacial score (nSPS) is 15.5. The van der Waals surface area contributed by atoms with Crippen molar-refractivity contribution in [2.45, 2.75) is 39.7 Å². The molecule has 1 fully saturated rings. The highest BCUT2D eigenvalue weighted by atomic mass is 19.1. The molecule has 7 heteroatoms. The summed E-state index contributed by atoms with van der Waals surface area (Å²) in [5.41, 5.74) is 0.804. The number of nitrogens with zero attached hydrogens (tertiary/aromatic N) is 1. The first-order valence-corrected chi connectivity index (χ1v) is 10.3. The van der Waals surface area contributed by atoms with Gasteiger partial charge in [-0.15, -0.1) is 0 Å². The second kappa shape index (κ2) is 13.3. The predicted molar refractivity (Wildman–Crippen MR) is 109 cm³/mol. The minimum absolute atomic E-state index is 0.279. The molecule has 0 radical (unpaired) electrons. The molecule has 0 aliphatic carbocycles. The lowest BCUT2D eigenvalue weighted by Gasteiger charge is -2.21. The third-order valence-electron chi connectivity index (χ3n) is 4.51. The van der Waals surface area contributed by atoms with Crippen molar-refractivity contribution in [3.8, 4) is 5.75 Å². The van der Waals surface area contributed by atoms with Crippen molar-refractivity contribution < 1.29 is 18.6 Å². The van der Waals surface area contributed by atoms with Gasteiger partial charge in [0.25, 0.3) is 0 Å². The first kappa shape index (κ1) is 22.4. The third-order valence-corrected chi connectivity index (χ3v) is 4.51. The number of benzene rings is 1. The minimum Gasteiger partial charge on any atom is -0.491 e. The maximum atomic E-state index is 13.9. The fraction of sp³-hybridized carbons (Fsp3) is 0.667. The third kappa shape index (κ3) is 8.44. The number of guanidine groups is 1. The summed E-state index contributed by atoms with van der Waals surface area (Å²) in [5, 5.41) is 6.50. The zero-order valence-electron chi connectivity index (χ0n) is 17.1. The average molecular weight is 396 g/mol. The molecular weight excluding hydrogens is 361 g/mol. The summed E-state index contributed by atoms with van der Waals surface area (Å²) in [5.74, 6) is 1.28. The highest BCUT2D eigenvalue weighted by molar-refractivity contribution is 5.79. The molecule has 158 valence electrons. The van der Waals surface area contributed by atoms with Crippen LogP contribution in [0.4, 0.5) is 4.39 Å². The number of hydrogen-bond acceptors (Lipinski definition) is 4. The fourth-order valence-corrected chi connectivity index (χ4v) is 2.97. The number of rotatable bonds is 11. The number of nitrogens with one attached hydrogen (secondary N) is 2. The first-order chi connectivity index (χ1) is 13.7. The second-order valence-corrected chi connectivity index (χ2v) is 6.80. The van der Waals surface area contributed by atoms with Crippen molar-refractivity contribution in [3.63, 3.8) is 0 Å². The summed E-state index contributed by atoms with van der Waals surface area (Å²) in [4.78, 5) is 4.52. The maximum absolute atomic E-state index is 13.9.